The summed E-state index contributed by atoms with van der Waals surface area (Å²) in [5, 5.41) is 12.3. The maximum absolute atomic E-state index is 13.3. The second kappa shape index (κ2) is 8.20. The van der Waals surface area contributed by atoms with Gasteiger partial charge in [0, 0.05) is 17.9 Å². The van der Waals surface area contributed by atoms with Crippen molar-refractivity contribution in [1.29, 1.82) is 0 Å². The Labute approximate surface area is 156 Å². The van der Waals surface area contributed by atoms with Gasteiger partial charge < -0.3 is 4.52 Å². The van der Waals surface area contributed by atoms with Crippen LogP contribution in [-0.4, -0.2) is 30.9 Å². The molecule has 0 amide bonds. The predicted octanol–water partition coefficient (Wildman–Crippen LogP) is 3.95. The fraction of sp³-hybridized carbons (Fsp3) is 0.421. The number of ketones is 1. The van der Waals surface area contributed by atoms with Gasteiger partial charge in [-0.05, 0) is 38.8 Å². The topological polar surface area (TPSA) is 86.7 Å². The highest BCUT2D eigenvalue weighted by Crippen LogP contribution is 2.24. The molecule has 142 valence electrons. The molecule has 8 heteroatoms. The van der Waals surface area contributed by atoms with Crippen LogP contribution in [0.4, 0.5) is 4.39 Å². The van der Waals surface area contributed by atoms with Crippen LogP contribution in [-0.2, 0) is 6.54 Å². The molecule has 0 fully saturated rings. The third kappa shape index (κ3) is 4.45. The van der Waals surface area contributed by atoms with Crippen molar-refractivity contribution >= 4 is 5.78 Å². The van der Waals surface area contributed by atoms with Gasteiger partial charge in [-0.3, -0.25) is 4.79 Å². The van der Waals surface area contributed by atoms with E-state index in [0.717, 1.165) is 6.42 Å². The Morgan fingerprint density at radius 2 is 2.15 bits per heavy atom. The smallest absolute Gasteiger partial charge is 0.229 e. The summed E-state index contributed by atoms with van der Waals surface area (Å²) in [6, 6.07) is 6.06. The molecule has 27 heavy (non-hydrogen) atoms. The molecule has 2 heterocycles. The molecule has 3 rings (SSSR count). The third-order valence-electron chi connectivity index (χ3n) is 4.36. The van der Waals surface area contributed by atoms with Crippen LogP contribution in [0.3, 0.4) is 0 Å². The molecule has 0 aliphatic rings. The fourth-order valence-electron chi connectivity index (χ4n) is 2.82. The molecule has 0 radical (unpaired) electrons. The number of benzene rings is 1. The van der Waals surface area contributed by atoms with Gasteiger partial charge in [0.1, 0.15) is 5.82 Å². The Kier molecular flexibility index (Phi) is 5.73. The monoisotopic (exact) mass is 371 g/mol. The van der Waals surface area contributed by atoms with E-state index in [2.05, 4.69) is 20.3 Å². The lowest BCUT2D eigenvalue weighted by atomic mass is 10.0. The molecule has 1 aromatic carbocycles. The minimum absolute atomic E-state index is 0.0000281. The van der Waals surface area contributed by atoms with E-state index < -0.39 is 0 Å². The van der Waals surface area contributed by atoms with Crippen LogP contribution in [0.1, 0.15) is 61.1 Å². The minimum Gasteiger partial charge on any atom is -0.339 e. The van der Waals surface area contributed by atoms with E-state index in [0.29, 0.717) is 48.1 Å². The highest BCUT2D eigenvalue weighted by atomic mass is 19.1. The van der Waals surface area contributed by atoms with Crippen LogP contribution in [0.15, 0.2) is 28.8 Å². The zero-order valence-electron chi connectivity index (χ0n) is 15.6. The van der Waals surface area contributed by atoms with Gasteiger partial charge in [-0.1, -0.05) is 24.2 Å². The average Bonchev–Trinajstić information content (AvgIpc) is 3.28. The average molecular weight is 371 g/mol. The Morgan fingerprint density at radius 3 is 2.85 bits per heavy atom. The van der Waals surface area contributed by atoms with Gasteiger partial charge in [-0.25, -0.2) is 4.39 Å². The SMILES string of the molecule is CCn1nc(C)c(C(=O)CCC[C@@H](C)c2nc(-c3cccc(F)c3)no2)n1. The normalized spacial score (nSPS) is 12.3. The zero-order chi connectivity index (χ0) is 19.4. The number of carbonyl (C=O) groups excluding carboxylic acids is 1. The molecule has 0 saturated heterocycles. The van der Waals surface area contributed by atoms with Crippen molar-refractivity contribution in [1.82, 2.24) is 25.1 Å². The van der Waals surface area contributed by atoms with Gasteiger partial charge in [0.05, 0.1) is 12.2 Å². The number of rotatable bonds is 8. The Morgan fingerprint density at radius 1 is 1.33 bits per heavy atom. The van der Waals surface area contributed by atoms with Crippen molar-refractivity contribution < 1.29 is 13.7 Å². The number of carbonyl (C=O) groups is 1. The molecule has 0 saturated carbocycles. The second-order valence-corrected chi connectivity index (χ2v) is 6.51. The van der Waals surface area contributed by atoms with E-state index in [9.17, 15) is 9.18 Å². The first kappa shape index (κ1) is 18.9. The number of halogens is 1. The van der Waals surface area contributed by atoms with E-state index in [1.54, 1.807) is 19.1 Å². The maximum atomic E-state index is 13.3. The van der Waals surface area contributed by atoms with E-state index in [1.165, 1.54) is 16.9 Å². The van der Waals surface area contributed by atoms with Gasteiger partial charge >= 0.3 is 0 Å². The van der Waals surface area contributed by atoms with Gasteiger partial charge in [0.15, 0.2) is 11.5 Å². The van der Waals surface area contributed by atoms with Crippen molar-refractivity contribution in [3.63, 3.8) is 0 Å². The van der Waals surface area contributed by atoms with E-state index in [-0.39, 0.29) is 17.5 Å². The van der Waals surface area contributed by atoms with E-state index in [1.807, 2.05) is 13.8 Å². The molecule has 3 aromatic rings. The summed E-state index contributed by atoms with van der Waals surface area (Å²) in [5.74, 6) is 0.486. The molecular weight excluding hydrogens is 349 g/mol. The maximum Gasteiger partial charge on any atom is 0.229 e. The minimum atomic E-state index is -0.347. The quantitative estimate of drug-likeness (QED) is 0.557. The summed E-state index contributed by atoms with van der Waals surface area (Å²) >= 11 is 0. The predicted molar refractivity (Wildman–Crippen MR) is 96.7 cm³/mol. The van der Waals surface area contributed by atoms with Crippen LogP contribution < -0.4 is 0 Å². The number of hydrogen-bond donors (Lipinski definition) is 0. The highest BCUT2D eigenvalue weighted by Gasteiger charge is 2.18. The zero-order valence-corrected chi connectivity index (χ0v) is 15.6. The van der Waals surface area contributed by atoms with Crippen molar-refractivity contribution in [2.75, 3.05) is 0 Å². The van der Waals surface area contributed by atoms with E-state index in [4.69, 9.17) is 4.52 Å². The second-order valence-electron chi connectivity index (χ2n) is 6.51. The van der Waals surface area contributed by atoms with Crippen LogP contribution in [0.5, 0.6) is 0 Å². The summed E-state index contributed by atoms with van der Waals surface area (Å²) in [7, 11) is 0. The number of hydrogen-bond acceptors (Lipinski definition) is 6. The molecule has 0 bridgehead atoms. The third-order valence-corrected chi connectivity index (χ3v) is 4.36. The number of Topliss-reactive ketones (excluding diaryl/α,β-unsaturated/α-hetero) is 1. The number of aromatic nitrogens is 5. The Bertz CT molecular complexity index is 934. The summed E-state index contributed by atoms with van der Waals surface area (Å²) in [6.07, 6.45) is 1.78. The van der Waals surface area contributed by atoms with Crippen LogP contribution in [0.25, 0.3) is 11.4 Å². The van der Waals surface area contributed by atoms with Crippen LogP contribution in [0, 0.1) is 12.7 Å². The van der Waals surface area contributed by atoms with Crippen molar-refractivity contribution in [3.8, 4) is 11.4 Å². The highest BCUT2D eigenvalue weighted by molar-refractivity contribution is 5.94. The summed E-state index contributed by atoms with van der Waals surface area (Å²) < 4.78 is 18.6. The molecule has 0 unspecified atom stereocenters. The molecule has 0 N–H and O–H groups in total. The van der Waals surface area contributed by atoms with Gasteiger partial charge in [-0.2, -0.15) is 14.9 Å². The van der Waals surface area contributed by atoms with Crippen molar-refractivity contribution in [2.24, 2.45) is 0 Å². The standard InChI is InChI=1S/C19H22FN5O2/c1-4-25-22-13(3)17(23-25)16(26)10-5-7-12(2)19-21-18(24-27-19)14-8-6-9-15(20)11-14/h6,8-9,11-12H,4-5,7,10H2,1-3H3/t12-/m1/s1. The number of aryl methyl sites for hydroxylation is 2. The molecule has 2 aromatic heterocycles. The van der Waals surface area contributed by atoms with Gasteiger partial charge in [0.2, 0.25) is 11.7 Å². The largest absolute Gasteiger partial charge is 0.339 e. The molecule has 0 spiro atoms. The lowest BCUT2D eigenvalue weighted by Crippen LogP contribution is -2.05. The first-order valence-electron chi connectivity index (χ1n) is 9.02. The molecular formula is C19H22FN5O2. The molecule has 0 aliphatic heterocycles. The molecule has 7 nitrogen and oxygen atoms in total. The molecule has 1 atom stereocenters. The summed E-state index contributed by atoms with van der Waals surface area (Å²) in [6.45, 7) is 6.32. The lowest BCUT2D eigenvalue weighted by Gasteiger charge is -2.05. The summed E-state index contributed by atoms with van der Waals surface area (Å²) in [5.41, 5.74) is 1.67. The first-order chi connectivity index (χ1) is 13.0. The molecule has 0 aliphatic carbocycles. The van der Waals surface area contributed by atoms with Gasteiger partial charge in [-0.15, -0.1) is 5.10 Å². The number of nitrogens with zero attached hydrogens (tertiary/aromatic N) is 5. The van der Waals surface area contributed by atoms with Crippen molar-refractivity contribution in [2.45, 2.75) is 52.5 Å². The fourth-order valence-corrected chi connectivity index (χ4v) is 2.82. The first-order valence-corrected chi connectivity index (χ1v) is 9.02. The van der Waals surface area contributed by atoms with E-state index >= 15 is 0 Å². The van der Waals surface area contributed by atoms with Crippen LogP contribution >= 0.6 is 0 Å². The lowest BCUT2D eigenvalue weighted by molar-refractivity contribution is 0.0972. The Balaban J connectivity index is 1.56. The van der Waals surface area contributed by atoms with Crippen molar-refractivity contribution in [3.05, 3.63) is 47.4 Å². The Hall–Kier alpha value is -2.90. The summed E-state index contributed by atoms with van der Waals surface area (Å²) in [4.78, 5) is 18.2. The van der Waals surface area contributed by atoms with Gasteiger partial charge in [0.25, 0.3) is 0 Å². The van der Waals surface area contributed by atoms with Crippen LogP contribution in [0.2, 0.25) is 0 Å².